The molecule has 1 saturated carbocycles. The number of nitrogens with zero attached hydrogens (tertiary/aromatic N) is 2. The minimum atomic E-state index is 0.0225. The standard InChI is InChI=1S/C19H25N3O2/c1-14-4-3-5-16-21-15(11-22(14)16)6-9-20-17(23)10-19-8-7-18(2,12-19)24-13-19/h3-5,11H,6-10,12-13H2,1-2H3,(H,20,23). The molecular weight excluding hydrogens is 302 g/mol. The van der Waals surface area contributed by atoms with E-state index >= 15 is 0 Å². The molecule has 2 aliphatic rings. The predicted molar refractivity (Wildman–Crippen MR) is 91.9 cm³/mol. The van der Waals surface area contributed by atoms with Gasteiger partial charge in [-0.05, 0) is 45.2 Å². The second kappa shape index (κ2) is 5.59. The number of fused-ring (bicyclic) bond motifs is 3. The maximum Gasteiger partial charge on any atom is 0.220 e. The van der Waals surface area contributed by atoms with Gasteiger partial charge in [0.05, 0.1) is 17.9 Å². The zero-order valence-electron chi connectivity index (χ0n) is 14.5. The van der Waals surface area contributed by atoms with Crippen LogP contribution in [0, 0.1) is 12.3 Å². The number of ether oxygens (including phenoxy) is 1. The summed E-state index contributed by atoms with van der Waals surface area (Å²) in [7, 11) is 0. The molecule has 1 amide bonds. The fraction of sp³-hybridized carbons (Fsp3) is 0.579. The topological polar surface area (TPSA) is 55.6 Å². The number of hydrogen-bond acceptors (Lipinski definition) is 3. The van der Waals surface area contributed by atoms with E-state index in [0.717, 1.165) is 43.6 Å². The van der Waals surface area contributed by atoms with Gasteiger partial charge < -0.3 is 14.5 Å². The first-order valence-electron chi connectivity index (χ1n) is 8.81. The van der Waals surface area contributed by atoms with Crippen molar-refractivity contribution >= 4 is 11.6 Å². The molecule has 2 aromatic rings. The van der Waals surface area contributed by atoms with E-state index in [-0.39, 0.29) is 16.9 Å². The van der Waals surface area contributed by atoms with Crippen molar-refractivity contribution < 1.29 is 9.53 Å². The maximum atomic E-state index is 12.3. The SMILES string of the molecule is Cc1cccc2nc(CCNC(=O)CC34CCC(C)(C3)OC4)cn12. The summed E-state index contributed by atoms with van der Waals surface area (Å²) in [5.74, 6) is 0.143. The average molecular weight is 327 g/mol. The third kappa shape index (κ3) is 2.81. The van der Waals surface area contributed by atoms with Crippen LogP contribution in [0.25, 0.3) is 5.65 Å². The van der Waals surface area contributed by atoms with Crippen molar-refractivity contribution in [2.24, 2.45) is 5.41 Å². The highest BCUT2D eigenvalue weighted by Crippen LogP contribution is 2.54. The van der Waals surface area contributed by atoms with Crippen molar-refractivity contribution in [3.63, 3.8) is 0 Å². The van der Waals surface area contributed by atoms with Gasteiger partial charge in [-0.25, -0.2) is 4.98 Å². The van der Waals surface area contributed by atoms with E-state index in [4.69, 9.17) is 4.74 Å². The third-order valence-electron chi connectivity index (χ3n) is 5.64. The van der Waals surface area contributed by atoms with Gasteiger partial charge >= 0.3 is 0 Å². The monoisotopic (exact) mass is 327 g/mol. The van der Waals surface area contributed by atoms with E-state index in [2.05, 4.69) is 40.8 Å². The first kappa shape index (κ1) is 15.6. The van der Waals surface area contributed by atoms with E-state index in [1.165, 1.54) is 5.69 Å². The molecule has 2 fully saturated rings. The van der Waals surface area contributed by atoms with Crippen LogP contribution in [0.4, 0.5) is 0 Å². The molecule has 128 valence electrons. The van der Waals surface area contributed by atoms with Gasteiger partial charge in [-0.2, -0.15) is 0 Å². The van der Waals surface area contributed by atoms with Gasteiger partial charge in [0, 0.05) is 36.7 Å². The first-order chi connectivity index (χ1) is 11.5. The maximum absolute atomic E-state index is 12.3. The number of carbonyl (C=O) groups is 1. The van der Waals surface area contributed by atoms with Gasteiger partial charge in [0.1, 0.15) is 5.65 Å². The van der Waals surface area contributed by atoms with Crippen LogP contribution in [0.3, 0.4) is 0 Å². The summed E-state index contributed by atoms with van der Waals surface area (Å²) in [6, 6.07) is 6.09. The van der Waals surface area contributed by atoms with Crippen molar-refractivity contribution in [1.29, 1.82) is 0 Å². The quantitative estimate of drug-likeness (QED) is 0.918. The van der Waals surface area contributed by atoms with Gasteiger partial charge in [0.25, 0.3) is 0 Å². The Balaban J connectivity index is 1.30. The largest absolute Gasteiger partial charge is 0.375 e. The van der Waals surface area contributed by atoms with Crippen LogP contribution >= 0.6 is 0 Å². The van der Waals surface area contributed by atoms with Crippen molar-refractivity contribution in [3.05, 3.63) is 35.8 Å². The highest BCUT2D eigenvalue weighted by atomic mass is 16.5. The molecule has 1 aliphatic heterocycles. The van der Waals surface area contributed by atoms with E-state index in [9.17, 15) is 4.79 Å². The van der Waals surface area contributed by atoms with Gasteiger partial charge in [-0.1, -0.05) is 6.07 Å². The molecule has 1 saturated heterocycles. The number of aromatic nitrogens is 2. The lowest BCUT2D eigenvalue weighted by Gasteiger charge is -2.26. The Morgan fingerprint density at radius 1 is 1.42 bits per heavy atom. The molecule has 5 heteroatoms. The van der Waals surface area contributed by atoms with Crippen LogP contribution in [0.2, 0.25) is 0 Å². The van der Waals surface area contributed by atoms with Gasteiger partial charge in [-0.15, -0.1) is 0 Å². The molecule has 2 aromatic heterocycles. The average Bonchev–Trinajstić information content (AvgIpc) is 3.18. The second-order valence-electron chi connectivity index (χ2n) is 7.82. The molecule has 2 bridgehead atoms. The highest BCUT2D eigenvalue weighted by Gasteiger charge is 2.53. The first-order valence-corrected chi connectivity index (χ1v) is 8.81. The summed E-state index contributed by atoms with van der Waals surface area (Å²) in [5.41, 5.74) is 3.25. The van der Waals surface area contributed by atoms with Crippen LogP contribution < -0.4 is 5.32 Å². The molecule has 24 heavy (non-hydrogen) atoms. The van der Waals surface area contributed by atoms with Crippen molar-refractivity contribution in [2.75, 3.05) is 13.2 Å². The van der Waals surface area contributed by atoms with Gasteiger partial charge in [0.2, 0.25) is 5.91 Å². The minimum Gasteiger partial charge on any atom is -0.375 e. The number of pyridine rings is 1. The number of imidazole rings is 1. The predicted octanol–water partition coefficient (Wildman–Crippen LogP) is 2.65. The zero-order valence-corrected chi connectivity index (χ0v) is 14.5. The zero-order chi connectivity index (χ0) is 16.8. The molecule has 5 nitrogen and oxygen atoms in total. The van der Waals surface area contributed by atoms with Crippen molar-refractivity contribution in [2.45, 2.75) is 51.6 Å². The molecule has 1 N–H and O–H groups in total. The molecule has 2 atom stereocenters. The Bertz CT molecular complexity index is 772. The van der Waals surface area contributed by atoms with E-state index in [0.29, 0.717) is 13.0 Å². The number of amides is 1. The lowest BCUT2D eigenvalue weighted by molar-refractivity contribution is -0.124. The number of nitrogens with one attached hydrogen (secondary N) is 1. The molecule has 1 aliphatic carbocycles. The minimum absolute atomic E-state index is 0.0225. The number of rotatable bonds is 5. The smallest absolute Gasteiger partial charge is 0.220 e. The lowest BCUT2D eigenvalue weighted by atomic mass is 9.83. The molecule has 3 heterocycles. The summed E-state index contributed by atoms with van der Waals surface area (Å²) in [6.45, 7) is 5.61. The molecule has 0 radical (unpaired) electrons. The second-order valence-corrected chi connectivity index (χ2v) is 7.82. The third-order valence-corrected chi connectivity index (χ3v) is 5.64. The van der Waals surface area contributed by atoms with Crippen LogP contribution in [0.15, 0.2) is 24.4 Å². The molecule has 4 rings (SSSR count). The van der Waals surface area contributed by atoms with Crippen molar-refractivity contribution in [3.8, 4) is 0 Å². The van der Waals surface area contributed by atoms with Crippen LogP contribution in [-0.4, -0.2) is 34.0 Å². The van der Waals surface area contributed by atoms with E-state index in [1.807, 2.05) is 12.1 Å². The normalized spacial score (nSPS) is 28.6. The fourth-order valence-electron chi connectivity index (χ4n) is 4.33. The van der Waals surface area contributed by atoms with Gasteiger partial charge in [0.15, 0.2) is 0 Å². The van der Waals surface area contributed by atoms with E-state index in [1.54, 1.807) is 0 Å². The Morgan fingerprint density at radius 2 is 2.29 bits per heavy atom. The number of hydrogen-bond donors (Lipinski definition) is 1. The summed E-state index contributed by atoms with van der Waals surface area (Å²) >= 11 is 0. The summed E-state index contributed by atoms with van der Waals surface area (Å²) < 4.78 is 7.96. The number of carbonyl (C=O) groups excluding carboxylic acids is 1. The van der Waals surface area contributed by atoms with Crippen LogP contribution in [0.5, 0.6) is 0 Å². The molecular formula is C19H25N3O2. The Morgan fingerprint density at radius 3 is 2.96 bits per heavy atom. The fourth-order valence-corrected chi connectivity index (χ4v) is 4.33. The van der Waals surface area contributed by atoms with Crippen LogP contribution in [0.1, 0.15) is 44.0 Å². The summed E-state index contributed by atoms with van der Waals surface area (Å²) in [5, 5.41) is 3.06. The Kier molecular flexibility index (Phi) is 3.64. The summed E-state index contributed by atoms with van der Waals surface area (Å²) in [6.07, 6.45) is 6.63. The molecule has 2 unspecified atom stereocenters. The highest BCUT2D eigenvalue weighted by molar-refractivity contribution is 5.76. The molecule has 0 spiro atoms. The Labute approximate surface area is 142 Å². The van der Waals surface area contributed by atoms with E-state index < -0.39 is 0 Å². The lowest BCUT2D eigenvalue weighted by Crippen LogP contribution is -2.33. The molecule has 0 aromatic carbocycles. The summed E-state index contributed by atoms with van der Waals surface area (Å²) in [4.78, 5) is 16.9. The number of aryl methyl sites for hydroxylation is 1. The Hall–Kier alpha value is -1.88. The van der Waals surface area contributed by atoms with Gasteiger partial charge in [-0.3, -0.25) is 4.79 Å². The van der Waals surface area contributed by atoms with Crippen molar-refractivity contribution in [1.82, 2.24) is 14.7 Å². The van der Waals surface area contributed by atoms with Crippen LogP contribution in [-0.2, 0) is 16.0 Å².